The number of nitrogens with one attached hydrogen (secondary N) is 1. The molecular formula is C17H22N2O2. The van der Waals surface area contributed by atoms with Crippen molar-refractivity contribution in [2.45, 2.75) is 32.9 Å². The molecule has 0 saturated heterocycles. The third-order valence-corrected chi connectivity index (χ3v) is 3.56. The molecule has 2 rings (SSSR count). The van der Waals surface area contributed by atoms with E-state index in [1.165, 1.54) is 5.69 Å². The summed E-state index contributed by atoms with van der Waals surface area (Å²) in [5.74, 6) is -0.888. The smallest absolute Gasteiger partial charge is 0.335 e. The lowest BCUT2D eigenvalue weighted by atomic mass is 10.1. The molecule has 2 aromatic rings. The average Bonchev–Trinajstić information content (AvgIpc) is 2.93. The Morgan fingerprint density at radius 3 is 2.62 bits per heavy atom. The number of hydrogen-bond acceptors (Lipinski definition) is 2. The number of nitrogens with zero attached hydrogens (tertiary/aromatic N) is 1. The van der Waals surface area contributed by atoms with Crippen LogP contribution in [0.4, 0.5) is 0 Å². The van der Waals surface area contributed by atoms with Gasteiger partial charge >= 0.3 is 5.97 Å². The second-order valence-corrected chi connectivity index (χ2v) is 5.24. The Labute approximate surface area is 125 Å². The summed E-state index contributed by atoms with van der Waals surface area (Å²) in [5.41, 5.74) is 2.66. The summed E-state index contributed by atoms with van der Waals surface area (Å²) in [5, 5.41) is 12.4. The number of carbonyl (C=O) groups is 1. The number of hydrogen-bond donors (Lipinski definition) is 2. The highest BCUT2D eigenvalue weighted by molar-refractivity contribution is 5.87. The maximum absolute atomic E-state index is 10.9. The zero-order valence-electron chi connectivity index (χ0n) is 12.5. The minimum Gasteiger partial charge on any atom is -0.478 e. The van der Waals surface area contributed by atoms with Crippen LogP contribution in [0.1, 0.15) is 47.9 Å². The molecule has 112 valence electrons. The van der Waals surface area contributed by atoms with Crippen LogP contribution < -0.4 is 5.32 Å². The molecule has 1 heterocycles. The highest BCUT2D eigenvalue weighted by atomic mass is 16.4. The molecule has 0 bridgehead atoms. The third-order valence-electron chi connectivity index (χ3n) is 3.56. The Hall–Kier alpha value is -2.07. The molecule has 0 fully saturated rings. The van der Waals surface area contributed by atoms with E-state index in [4.69, 9.17) is 5.11 Å². The Morgan fingerprint density at radius 1 is 1.29 bits per heavy atom. The number of carboxylic acid groups (broad SMARTS) is 1. The van der Waals surface area contributed by atoms with Crippen molar-refractivity contribution in [3.05, 3.63) is 59.4 Å². The minimum atomic E-state index is -0.888. The van der Waals surface area contributed by atoms with Crippen molar-refractivity contribution in [1.29, 1.82) is 0 Å². The van der Waals surface area contributed by atoms with Crippen molar-refractivity contribution in [2.24, 2.45) is 0 Å². The zero-order chi connectivity index (χ0) is 15.2. The van der Waals surface area contributed by atoms with Crippen molar-refractivity contribution in [1.82, 2.24) is 9.88 Å². The van der Waals surface area contributed by atoms with Gasteiger partial charge in [-0.3, -0.25) is 0 Å². The van der Waals surface area contributed by atoms with Gasteiger partial charge in [0.2, 0.25) is 0 Å². The molecule has 0 saturated carbocycles. The van der Waals surface area contributed by atoms with Crippen LogP contribution in [0.15, 0.2) is 42.6 Å². The zero-order valence-corrected chi connectivity index (χ0v) is 12.5. The van der Waals surface area contributed by atoms with Crippen LogP contribution in [0.2, 0.25) is 0 Å². The lowest BCUT2D eigenvalue weighted by Gasteiger charge is -2.17. The highest BCUT2D eigenvalue weighted by Gasteiger charge is 2.09. The first-order valence-corrected chi connectivity index (χ1v) is 7.32. The molecule has 21 heavy (non-hydrogen) atoms. The largest absolute Gasteiger partial charge is 0.478 e. The summed E-state index contributed by atoms with van der Waals surface area (Å²) < 4.78 is 2.20. The van der Waals surface area contributed by atoms with E-state index in [0.29, 0.717) is 11.6 Å². The van der Waals surface area contributed by atoms with Crippen molar-refractivity contribution in [3.63, 3.8) is 0 Å². The van der Waals surface area contributed by atoms with E-state index in [-0.39, 0.29) is 0 Å². The van der Waals surface area contributed by atoms with Crippen LogP contribution in [0.3, 0.4) is 0 Å². The van der Waals surface area contributed by atoms with Gasteiger partial charge < -0.3 is 15.0 Å². The fraction of sp³-hybridized carbons (Fsp3) is 0.353. The minimum absolute atomic E-state index is 0.304. The molecule has 1 atom stereocenters. The van der Waals surface area contributed by atoms with Gasteiger partial charge in [-0.15, -0.1) is 0 Å². The van der Waals surface area contributed by atoms with Gasteiger partial charge in [-0.1, -0.05) is 19.1 Å². The van der Waals surface area contributed by atoms with Gasteiger partial charge in [0.05, 0.1) is 5.56 Å². The lowest BCUT2D eigenvalue weighted by Crippen LogP contribution is -2.22. The fourth-order valence-electron chi connectivity index (χ4n) is 2.38. The van der Waals surface area contributed by atoms with Crippen molar-refractivity contribution < 1.29 is 9.90 Å². The van der Waals surface area contributed by atoms with E-state index >= 15 is 0 Å². The molecule has 0 aliphatic rings. The van der Waals surface area contributed by atoms with E-state index in [9.17, 15) is 4.79 Å². The third kappa shape index (κ3) is 3.95. The van der Waals surface area contributed by atoms with Crippen LogP contribution in [0.25, 0.3) is 0 Å². The second kappa shape index (κ2) is 7.09. The average molecular weight is 286 g/mol. The number of benzene rings is 1. The molecule has 1 aromatic carbocycles. The molecule has 1 aromatic heterocycles. The first-order valence-electron chi connectivity index (χ1n) is 7.32. The number of aromatic nitrogens is 1. The predicted molar refractivity (Wildman–Crippen MR) is 83.6 cm³/mol. The van der Waals surface area contributed by atoms with Crippen LogP contribution in [0, 0.1) is 0 Å². The molecule has 1 unspecified atom stereocenters. The van der Waals surface area contributed by atoms with Crippen LogP contribution in [0.5, 0.6) is 0 Å². The summed E-state index contributed by atoms with van der Waals surface area (Å²) >= 11 is 0. The molecule has 4 heteroatoms. The second-order valence-electron chi connectivity index (χ2n) is 5.24. The van der Waals surface area contributed by atoms with Gasteiger partial charge in [0.15, 0.2) is 0 Å². The Morgan fingerprint density at radius 2 is 2.00 bits per heavy atom. The van der Waals surface area contributed by atoms with Gasteiger partial charge in [-0.2, -0.15) is 0 Å². The summed E-state index contributed by atoms with van der Waals surface area (Å²) in [6, 6.07) is 11.5. The van der Waals surface area contributed by atoms with Crippen molar-refractivity contribution in [2.75, 3.05) is 6.54 Å². The summed E-state index contributed by atoms with van der Waals surface area (Å²) in [4.78, 5) is 10.9. The number of carboxylic acids is 1. The van der Waals surface area contributed by atoms with Crippen LogP contribution >= 0.6 is 0 Å². The van der Waals surface area contributed by atoms with Gasteiger partial charge in [-0.05, 0) is 49.7 Å². The van der Waals surface area contributed by atoms with Gasteiger partial charge in [0.25, 0.3) is 0 Å². The van der Waals surface area contributed by atoms with E-state index in [0.717, 1.165) is 25.1 Å². The lowest BCUT2D eigenvalue weighted by molar-refractivity contribution is 0.0697. The molecule has 2 N–H and O–H groups in total. The maximum atomic E-state index is 10.9. The Balaban J connectivity index is 2.09. The quantitative estimate of drug-likeness (QED) is 0.821. The highest BCUT2D eigenvalue weighted by Crippen LogP contribution is 2.16. The van der Waals surface area contributed by atoms with Gasteiger partial charge in [-0.25, -0.2) is 4.79 Å². The van der Waals surface area contributed by atoms with Gasteiger partial charge in [0.1, 0.15) is 0 Å². The van der Waals surface area contributed by atoms with E-state index in [1.54, 1.807) is 12.1 Å². The van der Waals surface area contributed by atoms with Crippen molar-refractivity contribution in [3.8, 4) is 0 Å². The molecule has 0 amide bonds. The van der Waals surface area contributed by atoms with Crippen LogP contribution in [-0.2, 0) is 6.54 Å². The Bertz CT molecular complexity index is 587. The van der Waals surface area contributed by atoms with Crippen molar-refractivity contribution >= 4 is 5.97 Å². The molecular weight excluding hydrogens is 264 g/mol. The summed E-state index contributed by atoms with van der Waals surface area (Å²) in [6.07, 6.45) is 3.17. The summed E-state index contributed by atoms with van der Waals surface area (Å²) in [6.45, 7) is 6.07. The number of aromatic carboxylic acids is 1. The van der Waals surface area contributed by atoms with Gasteiger partial charge in [0, 0.05) is 24.5 Å². The molecule has 0 aliphatic carbocycles. The monoisotopic (exact) mass is 286 g/mol. The van der Waals surface area contributed by atoms with Crippen LogP contribution in [-0.4, -0.2) is 22.2 Å². The fourth-order valence-corrected chi connectivity index (χ4v) is 2.38. The Kier molecular flexibility index (Phi) is 5.17. The normalized spacial score (nSPS) is 12.3. The van der Waals surface area contributed by atoms with E-state index in [2.05, 4.69) is 36.0 Å². The van der Waals surface area contributed by atoms with E-state index in [1.807, 2.05) is 18.2 Å². The SMILES string of the molecule is CCCNC(C)c1cccn1Cc1ccc(C(=O)O)cc1. The summed E-state index contributed by atoms with van der Waals surface area (Å²) in [7, 11) is 0. The predicted octanol–water partition coefficient (Wildman–Crippen LogP) is 3.30. The first kappa shape index (κ1) is 15.3. The van der Waals surface area contributed by atoms with E-state index < -0.39 is 5.97 Å². The maximum Gasteiger partial charge on any atom is 0.335 e. The topological polar surface area (TPSA) is 54.3 Å². The molecule has 0 aliphatic heterocycles. The molecule has 0 radical (unpaired) electrons. The number of rotatable bonds is 7. The standard InChI is InChI=1S/C17H22N2O2/c1-3-10-18-13(2)16-5-4-11-19(16)12-14-6-8-15(9-7-14)17(20)21/h4-9,11,13,18H,3,10,12H2,1-2H3,(H,20,21). The molecule has 4 nitrogen and oxygen atoms in total. The molecule has 0 spiro atoms. The first-order chi connectivity index (χ1) is 10.1.